The molecule has 3 aromatic rings. The Morgan fingerprint density at radius 3 is 2.11 bits per heavy atom. The van der Waals surface area contributed by atoms with Crippen molar-refractivity contribution in [3.8, 4) is 0 Å². The van der Waals surface area contributed by atoms with Crippen LogP contribution in [0.4, 0.5) is 16.5 Å². The zero-order chi connectivity index (χ0) is 31.5. The summed E-state index contributed by atoms with van der Waals surface area (Å²) in [5.41, 5.74) is 3.78. The number of aliphatic imine (C=N–C) groups is 1. The zero-order valence-corrected chi connectivity index (χ0v) is 27.7. The Balaban J connectivity index is 0.918. The fraction of sp³-hybridized carbons (Fsp3) is 0.485. The second-order valence-corrected chi connectivity index (χ2v) is 14.6. The van der Waals surface area contributed by atoms with Gasteiger partial charge in [0.05, 0.1) is 40.3 Å². The Bertz CT molecular complexity index is 1650. The molecule has 0 aromatic carbocycles. The summed E-state index contributed by atoms with van der Waals surface area (Å²) < 4.78 is 0. The molecule has 6 heterocycles. The minimum Gasteiger partial charge on any atom is -0.371 e. The summed E-state index contributed by atoms with van der Waals surface area (Å²) in [7, 11) is 0. The second kappa shape index (κ2) is 13.9. The van der Waals surface area contributed by atoms with Crippen LogP contribution in [0.1, 0.15) is 67.8 Å². The summed E-state index contributed by atoms with van der Waals surface area (Å²) in [5, 5.41) is 18.2. The van der Waals surface area contributed by atoms with Gasteiger partial charge in [-0.3, -0.25) is 24.5 Å². The van der Waals surface area contributed by atoms with Crippen molar-refractivity contribution in [1.29, 1.82) is 0 Å². The number of nitrogens with zero attached hydrogens (tertiary/aromatic N) is 7. The first-order valence-electron chi connectivity index (χ1n) is 16.3. The second-order valence-electron chi connectivity index (χ2n) is 12.5. The van der Waals surface area contributed by atoms with Crippen molar-refractivity contribution in [3.63, 3.8) is 0 Å². The van der Waals surface area contributed by atoms with E-state index in [-0.39, 0.29) is 42.5 Å². The van der Waals surface area contributed by atoms with Gasteiger partial charge < -0.3 is 20.4 Å². The van der Waals surface area contributed by atoms with E-state index in [1.54, 1.807) is 24.2 Å². The molecule has 0 radical (unpaired) electrons. The summed E-state index contributed by atoms with van der Waals surface area (Å²) in [6.07, 6.45) is 12.5. The van der Waals surface area contributed by atoms with Crippen molar-refractivity contribution in [2.45, 2.75) is 70.3 Å². The Labute approximate surface area is 277 Å². The van der Waals surface area contributed by atoms with E-state index in [2.05, 4.69) is 47.5 Å². The monoisotopic (exact) mass is 657 g/mol. The summed E-state index contributed by atoms with van der Waals surface area (Å²) in [6.45, 7) is 6.28. The lowest BCUT2D eigenvalue weighted by Gasteiger charge is -2.33. The average molecular weight is 658 g/mol. The zero-order valence-electron chi connectivity index (χ0n) is 26.0. The molecule has 13 heteroatoms. The van der Waals surface area contributed by atoms with Gasteiger partial charge in [0.1, 0.15) is 5.01 Å². The number of hydrogen-bond acceptors (Lipinski definition) is 11. The van der Waals surface area contributed by atoms with Crippen LogP contribution in [0.2, 0.25) is 0 Å². The van der Waals surface area contributed by atoms with Gasteiger partial charge in [-0.05, 0) is 69.4 Å². The minimum atomic E-state index is -0.138. The third-order valence-electron chi connectivity index (χ3n) is 8.99. The van der Waals surface area contributed by atoms with E-state index in [9.17, 15) is 9.59 Å². The number of carbonyl (C=O) groups is 2. The Morgan fingerprint density at radius 1 is 0.848 bits per heavy atom. The normalized spacial score (nSPS) is 22.7. The lowest BCUT2D eigenvalue weighted by atomic mass is 9.82. The molecule has 2 amide bonds. The van der Waals surface area contributed by atoms with Crippen LogP contribution in [0, 0.1) is 5.92 Å². The molecular formula is C33H39N9O2S2. The van der Waals surface area contributed by atoms with Crippen LogP contribution in [0.25, 0.3) is 0 Å². The van der Waals surface area contributed by atoms with Crippen molar-refractivity contribution in [1.82, 2.24) is 25.5 Å². The Kier molecular flexibility index (Phi) is 9.29. The van der Waals surface area contributed by atoms with E-state index < -0.39 is 0 Å². The first-order chi connectivity index (χ1) is 22.4. The fourth-order valence-corrected chi connectivity index (χ4v) is 8.48. The number of pyridine rings is 2. The smallest absolute Gasteiger partial charge is 0.232 e. The van der Waals surface area contributed by atoms with Gasteiger partial charge in [0.15, 0.2) is 0 Å². The van der Waals surface area contributed by atoms with Gasteiger partial charge in [-0.2, -0.15) is 0 Å². The maximum atomic E-state index is 13.0. The molecule has 240 valence electrons. The van der Waals surface area contributed by atoms with Crippen LogP contribution in [-0.2, 0) is 22.4 Å². The third-order valence-corrected chi connectivity index (χ3v) is 11.1. The molecule has 0 bridgehead atoms. The molecule has 3 unspecified atom stereocenters. The molecule has 2 saturated heterocycles. The van der Waals surface area contributed by atoms with E-state index in [1.807, 2.05) is 30.3 Å². The molecule has 3 fully saturated rings. The lowest BCUT2D eigenvalue weighted by molar-refractivity contribution is -0.119. The molecule has 3 atom stereocenters. The molecular weight excluding hydrogens is 619 g/mol. The van der Waals surface area contributed by atoms with Gasteiger partial charge in [0, 0.05) is 61.8 Å². The number of nitrogens with one attached hydrogen (secondary N) is 2. The van der Waals surface area contributed by atoms with Crippen molar-refractivity contribution >= 4 is 56.5 Å². The first kappa shape index (κ1) is 30.8. The predicted octanol–water partition coefficient (Wildman–Crippen LogP) is 4.94. The van der Waals surface area contributed by atoms with Crippen molar-refractivity contribution in [2.24, 2.45) is 10.9 Å². The highest BCUT2D eigenvalue weighted by Gasteiger charge is 2.31. The highest BCUT2D eigenvalue weighted by molar-refractivity contribution is 8.17. The summed E-state index contributed by atoms with van der Waals surface area (Å²) >= 11 is 3.03. The van der Waals surface area contributed by atoms with Gasteiger partial charge in [0.2, 0.25) is 16.9 Å². The van der Waals surface area contributed by atoms with Crippen molar-refractivity contribution in [2.75, 3.05) is 41.3 Å². The fourth-order valence-electron chi connectivity index (χ4n) is 6.32. The van der Waals surface area contributed by atoms with Crippen LogP contribution in [-0.4, -0.2) is 69.2 Å². The number of carbonyl (C=O) groups excluding carboxylic acids is 2. The molecule has 3 aromatic heterocycles. The summed E-state index contributed by atoms with van der Waals surface area (Å²) in [6, 6.07) is 8.01. The quantitative estimate of drug-likeness (QED) is 0.312. The molecule has 0 spiro atoms. The number of amides is 2. The predicted molar refractivity (Wildman–Crippen MR) is 183 cm³/mol. The van der Waals surface area contributed by atoms with E-state index in [4.69, 9.17) is 4.99 Å². The minimum absolute atomic E-state index is 0.00997. The summed E-state index contributed by atoms with van der Waals surface area (Å²) in [4.78, 5) is 44.2. The van der Waals surface area contributed by atoms with Gasteiger partial charge in [-0.1, -0.05) is 29.5 Å². The van der Waals surface area contributed by atoms with Crippen molar-refractivity contribution < 1.29 is 9.59 Å². The molecule has 11 nitrogen and oxygen atoms in total. The highest BCUT2D eigenvalue weighted by Crippen LogP contribution is 2.42. The molecule has 3 aliphatic heterocycles. The molecule has 2 N–H and O–H groups in total. The van der Waals surface area contributed by atoms with E-state index >= 15 is 0 Å². The number of thioether (sulfide) groups is 1. The Hall–Kier alpha value is -3.84. The van der Waals surface area contributed by atoms with E-state index in [1.165, 1.54) is 24.2 Å². The average Bonchev–Trinajstić information content (AvgIpc) is 3.44. The van der Waals surface area contributed by atoms with Crippen LogP contribution in [0.15, 0.2) is 52.8 Å². The van der Waals surface area contributed by atoms with Crippen LogP contribution < -0.4 is 20.4 Å². The van der Waals surface area contributed by atoms with E-state index in [0.717, 1.165) is 89.7 Å². The molecule has 1 saturated carbocycles. The first-order valence-corrected chi connectivity index (χ1v) is 17.9. The molecule has 4 aliphatic rings. The third kappa shape index (κ3) is 7.41. The van der Waals surface area contributed by atoms with Crippen LogP contribution in [0.3, 0.4) is 0 Å². The van der Waals surface area contributed by atoms with Gasteiger partial charge in [0.25, 0.3) is 0 Å². The number of anilines is 3. The van der Waals surface area contributed by atoms with Gasteiger partial charge >= 0.3 is 0 Å². The summed E-state index contributed by atoms with van der Waals surface area (Å²) in [5.74, 6) is 0.336. The highest BCUT2D eigenvalue weighted by atomic mass is 32.2. The SMILES string of the molecule is CC1C=C(NC(=O)Cc2cc(N3CCC3)ccn2)SC(C2CCCC(c3nnc(NC(=O)Cc4cc(N5CCC5)ccn4)s3)C2)=N1. The van der Waals surface area contributed by atoms with Crippen LogP contribution >= 0.6 is 23.1 Å². The lowest BCUT2D eigenvalue weighted by Crippen LogP contribution is -2.37. The number of rotatable bonds is 10. The molecule has 1 aliphatic carbocycles. The molecule has 7 rings (SSSR count). The maximum absolute atomic E-state index is 13.0. The van der Waals surface area contributed by atoms with Crippen LogP contribution in [0.5, 0.6) is 0 Å². The van der Waals surface area contributed by atoms with Gasteiger partial charge in [-0.25, -0.2) is 0 Å². The molecule has 46 heavy (non-hydrogen) atoms. The van der Waals surface area contributed by atoms with E-state index in [0.29, 0.717) is 5.13 Å². The number of aromatic nitrogens is 4. The Morgan fingerprint density at radius 2 is 1.48 bits per heavy atom. The van der Waals surface area contributed by atoms with Crippen molar-refractivity contribution in [3.05, 3.63) is 64.2 Å². The standard InChI is InChI=1S/C33H39N9O2S2/c1-21-15-30(37-28(43)19-24-17-26(7-9-34-24)41-11-3-12-41)45-31(36-21)22-5-2-6-23(16-22)32-39-40-33(46-32)38-29(44)20-25-18-27(8-10-35-25)42-13-4-14-42/h7-10,15,17-18,21-23H,2-6,11-14,16,19-20H2,1H3,(H,37,43)(H,38,40,44). The maximum Gasteiger partial charge on any atom is 0.232 e. The number of hydrogen-bond donors (Lipinski definition) is 2. The van der Waals surface area contributed by atoms with Gasteiger partial charge in [-0.15, -0.1) is 10.2 Å². The largest absolute Gasteiger partial charge is 0.371 e. The topological polar surface area (TPSA) is 129 Å².